The van der Waals surface area contributed by atoms with Crippen LogP contribution in [-0.4, -0.2) is 16.7 Å². The highest BCUT2D eigenvalue weighted by Gasteiger charge is 2.23. The molecule has 0 aliphatic heterocycles. The molecule has 1 N–H and O–H groups in total. The first-order valence-corrected chi connectivity index (χ1v) is 3.51. The molecule has 1 unspecified atom stereocenters. The summed E-state index contributed by atoms with van der Waals surface area (Å²) in [7, 11) is 0. The molecule has 0 aromatic heterocycles. The van der Waals surface area contributed by atoms with Gasteiger partial charge in [0, 0.05) is 5.92 Å². The van der Waals surface area contributed by atoms with E-state index < -0.39 is 0 Å². The summed E-state index contributed by atoms with van der Waals surface area (Å²) in [6.07, 6.45) is 2.53. The van der Waals surface area contributed by atoms with Crippen molar-refractivity contribution in [3.63, 3.8) is 0 Å². The Labute approximate surface area is 59.7 Å². The molecule has 0 spiro atoms. The number of rotatable bonds is 0. The molecular formula is C7H11NO2. The van der Waals surface area contributed by atoms with E-state index in [-0.39, 0.29) is 11.7 Å². The number of Topliss-reactive ketones (excluding diaryl/α,β-unsaturated/α-hetero) is 1. The summed E-state index contributed by atoms with van der Waals surface area (Å²) in [4.78, 5) is 11.1. The molecule has 56 valence electrons. The van der Waals surface area contributed by atoms with E-state index >= 15 is 0 Å². The molecule has 1 fully saturated rings. The van der Waals surface area contributed by atoms with E-state index in [9.17, 15) is 4.79 Å². The van der Waals surface area contributed by atoms with Gasteiger partial charge in [-0.25, -0.2) is 0 Å². The van der Waals surface area contributed by atoms with Crippen LogP contribution in [0.15, 0.2) is 5.16 Å². The Morgan fingerprint density at radius 2 is 2.40 bits per heavy atom. The van der Waals surface area contributed by atoms with Gasteiger partial charge in [0.1, 0.15) is 5.71 Å². The normalized spacial score (nSPS) is 31.1. The Balaban J connectivity index is 2.69. The zero-order chi connectivity index (χ0) is 7.56. The quantitative estimate of drug-likeness (QED) is 0.407. The minimum atomic E-state index is 0.00810. The minimum absolute atomic E-state index is 0.00810. The lowest BCUT2D eigenvalue weighted by Gasteiger charge is -2.15. The van der Waals surface area contributed by atoms with Gasteiger partial charge >= 0.3 is 0 Å². The third-order valence-corrected chi connectivity index (χ3v) is 1.90. The van der Waals surface area contributed by atoms with Gasteiger partial charge in [0.25, 0.3) is 0 Å². The highest BCUT2D eigenvalue weighted by atomic mass is 16.4. The Kier molecular flexibility index (Phi) is 2.04. The topological polar surface area (TPSA) is 49.7 Å². The molecule has 0 radical (unpaired) electrons. The van der Waals surface area contributed by atoms with Crippen molar-refractivity contribution in [1.82, 2.24) is 0 Å². The third-order valence-electron chi connectivity index (χ3n) is 1.90. The van der Waals surface area contributed by atoms with Crippen molar-refractivity contribution in [2.75, 3.05) is 0 Å². The first-order valence-electron chi connectivity index (χ1n) is 3.51. The van der Waals surface area contributed by atoms with Crippen LogP contribution in [-0.2, 0) is 4.79 Å². The Bertz CT molecular complexity index is 174. The van der Waals surface area contributed by atoms with Crippen LogP contribution < -0.4 is 0 Å². The van der Waals surface area contributed by atoms with Crippen molar-refractivity contribution in [2.24, 2.45) is 11.1 Å². The van der Waals surface area contributed by atoms with Crippen LogP contribution >= 0.6 is 0 Å². The monoisotopic (exact) mass is 141 g/mol. The second-order valence-electron chi connectivity index (χ2n) is 2.70. The van der Waals surface area contributed by atoms with Gasteiger partial charge in [-0.15, -0.1) is 0 Å². The van der Waals surface area contributed by atoms with Gasteiger partial charge in [0.15, 0.2) is 5.78 Å². The minimum Gasteiger partial charge on any atom is -0.411 e. The van der Waals surface area contributed by atoms with Gasteiger partial charge in [-0.2, -0.15) is 0 Å². The fourth-order valence-corrected chi connectivity index (χ4v) is 1.21. The summed E-state index contributed by atoms with van der Waals surface area (Å²) in [6.45, 7) is 1.87. The maximum absolute atomic E-state index is 11.1. The molecular weight excluding hydrogens is 130 g/mol. The van der Waals surface area contributed by atoms with Gasteiger partial charge < -0.3 is 5.21 Å². The van der Waals surface area contributed by atoms with Crippen molar-refractivity contribution >= 4 is 11.5 Å². The van der Waals surface area contributed by atoms with Crippen LogP contribution in [0.4, 0.5) is 0 Å². The number of carbonyl (C=O) groups is 1. The van der Waals surface area contributed by atoms with E-state index in [2.05, 4.69) is 5.16 Å². The molecule has 1 aliphatic carbocycles. The van der Waals surface area contributed by atoms with Gasteiger partial charge in [0.05, 0.1) is 0 Å². The number of nitrogens with zero attached hydrogens (tertiary/aromatic N) is 1. The summed E-state index contributed by atoms with van der Waals surface area (Å²) < 4.78 is 0. The summed E-state index contributed by atoms with van der Waals surface area (Å²) in [5.41, 5.74) is 0.346. The lowest BCUT2D eigenvalue weighted by Crippen LogP contribution is -2.26. The van der Waals surface area contributed by atoms with Crippen molar-refractivity contribution in [3.8, 4) is 0 Å². The largest absolute Gasteiger partial charge is 0.411 e. The molecule has 0 bridgehead atoms. The number of ketones is 1. The molecule has 0 aromatic carbocycles. The molecule has 0 saturated heterocycles. The second kappa shape index (κ2) is 2.82. The highest BCUT2D eigenvalue weighted by Crippen LogP contribution is 2.17. The van der Waals surface area contributed by atoms with Crippen molar-refractivity contribution in [3.05, 3.63) is 0 Å². The van der Waals surface area contributed by atoms with Crippen LogP contribution in [0, 0.1) is 5.92 Å². The molecule has 0 amide bonds. The van der Waals surface area contributed by atoms with Crippen molar-refractivity contribution < 1.29 is 10.0 Å². The number of hydrogen-bond acceptors (Lipinski definition) is 3. The van der Waals surface area contributed by atoms with E-state index in [1.165, 1.54) is 0 Å². The van der Waals surface area contributed by atoms with E-state index in [1.54, 1.807) is 0 Å². The van der Waals surface area contributed by atoms with E-state index in [0.717, 1.165) is 12.8 Å². The standard InChI is InChI=1S/C7H11NO2/c1-5-3-2-4-6(8-10)7(5)9/h5,10H,2-4H2,1H3/b8-6-. The van der Waals surface area contributed by atoms with Crippen LogP contribution in [0.5, 0.6) is 0 Å². The van der Waals surface area contributed by atoms with Crippen LogP contribution in [0.25, 0.3) is 0 Å². The Morgan fingerprint density at radius 3 is 2.90 bits per heavy atom. The van der Waals surface area contributed by atoms with E-state index in [1.807, 2.05) is 6.92 Å². The molecule has 1 rings (SSSR count). The lowest BCUT2D eigenvalue weighted by molar-refractivity contribution is -0.117. The van der Waals surface area contributed by atoms with E-state index in [4.69, 9.17) is 5.21 Å². The van der Waals surface area contributed by atoms with Crippen LogP contribution in [0.1, 0.15) is 26.2 Å². The molecule has 3 heteroatoms. The summed E-state index contributed by atoms with van der Waals surface area (Å²) in [5.74, 6) is 0.0633. The zero-order valence-corrected chi connectivity index (χ0v) is 6.00. The second-order valence-corrected chi connectivity index (χ2v) is 2.70. The molecule has 1 aliphatic rings. The van der Waals surface area contributed by atoms with E-state index in [0.29, 0.717) is 12.1 Å². The fourth-order valence-electron chi connectivity index (χ4n) is 1.21. The Morgan fingerprint density at radius 1 is 1.70 bits per heavy atom. The molecule has 3 nitrogen and oxygen atoms in total. The number of hydrogen-bond donors (Lipinski definition) is 1. The van der Waals surface area contributed by atoms with Crippen LogP contribution in [0.3, 0.4) is 0 Å². The maximum Gasteiger partial charge on any atom is 0.183 e. The van der Waals surface area contributed by atoms with Gasteiger partial charge in [-0.1, -0.05) is 12.1 Å². The number of carbonyl (C=O) groups excluding carboxylic acids is 1. The lowest BCUT2D eigenvalue weighted by atomic mass is 9.88. The number of oxime groups is 1. The Hall–Kier alpha value is -0.860. The molecule has 1 saturated carbocycles. The van der Waals surface area contributed by atoms with Crippen molar-refractivity contribution in [1.29, 1.82) is 0 Å². The van der Waals surface area contributed by atoms with Gasteiger partial charge in [0.2, 0.25) is 0 Å². The summed E-state index contributed by atoms with van der Waals surface area (Å²) in [5, 5.41) is 11.3. The van der Waals surface area contributed by atoms with Gasteiger partial charge in [-0.3, -0.25) is 4.79 Å². The molecule has 10 heavy (non-hydrogen) atoms. The average Bonchev–Trinajstić information content (AvgIpc) is 1.95. The average molecular weight is 141 g/mol. The molecule has 0 heterocycles. The molecule has 0 aromatic rings. The summed E-state index contributed by atoms with van der Waals surface area (Å²) in [6, 6.07) is 0. The summed E-state index contributed by atoms with van der Waals surface area (Å²) >= 11 is 0. The first kappa shape index (κ1) is 7.25. The van der Waals surface area contributed by atoms with Gasteiger partial charge in [-0.05, 0) is 19.3 Å². The van der Waals surface area contributed by atoms with Crippen molar-refractivity contribution in [2.45, 2.75) is 26.2 Å². The maximum atomic E-state index is 11.1. The molecule has 1 atom stereocenters. The third kappa shape index (κ3) is 1.17. The highest BCUT2D eigenvalue weighted by molar-refractivity contribution is 6.40. The predicted octanol–water partition coefficient (Wildman–Crippen LogP) is 1.21. The first-order chi connectivity index (χ1) is 4.75. The van der Waals surface area contributed by atoms with Crippen LogP contribution in [0.2, 0.25) is 0 Å². The fraction of sp³-hybridized carbons (Fsp3) is 0.714. The predicted molar refractivity (Wildman–Crippen MR) is 37.2 cm³/mol. The zero-order valence-electron chi connectivity index (χ0n) is 6.00. The smallest absolute Gasteiger partial charge is 0.183 e. The SMILES string of the molecule is CC1CCC/C(=N/O)C1=O.